The van der Waals surface area contributed by atoms with Gasteiger partial charge in [-0.25, -0.2) is 13.4 Å². The second-order valence-corrected chi connectivity index (χ2v) is 8.82. The molecule has 1 saturated heterocycles. The minimum Gasteiger partial charge on any atom is -0.360 e. The lowest BCUT2D eigenvalue weighted by Crippen LogP contribution is -2.50. The van der Waals surface area contributed by atoms with Gasteiger partial charge in [0, 0.05) is 30.6 Å². The van der Waals surface area contributed by atoms with E-state index in [2.05, 4.69) is 20.4 Å². The van der Waals surface area contributed by atoms with Gasteiger partial charge in [-0.3, -0.25) is 4.79 Å². The van der Waals surface area contributed by atoms with Gasteiger partial charge in [0.1, 0.15) is 5.76 Å². The van der Waals surface area contributed by atoms with Crippen LogP contribution >= 0.6 is 0 Å². The zero-order chi connectivity index (χ0) is 18.3. The molecule has 9 nitrogen and oxygen atoms in total. The molecule has 3 heterocycles. The van der Waals surface area contributed by atoms with Gasteiger partial charge in [-0.1, -0.05) is 5.16 Å². The lowest BCUT2D eigenvalue weighted by molar-refractivity contribution is 0.0905. The summed E-state index contributed by atoms with van der Waals surface area (Å²) in [6.45, 7) is 2.17. The first-order valence-electron chi connectivity index (χ1n) is 8.73. The third-order valence-electron chi connectivity index (χ3n) is 4.95. The fourth-order valence-corrected chi connectivity index (χ4v) is 4.92. The molecule has 1 saturated carbocycles. The summed E-state index contributed by atoms with van der Waals surface area (Å²) < 4.78 is 31.9. The highest BCUT2D eigenvalue weighted by molar-refractivity contribution is 7.89. The van der Waals surface area contributed by atoms with E-state index in [1.165, 1.54) is 16.8 Å². The predicted molar refractivity (Wildman–Crippen MR) is 90.9 cm³/mol. The Morgan fingerprint density at radius 1 is 1.38 bits per heavy atom. The number of rotatable bonds is 5. The van der Waals surface area contributed by atoms with Crippen molar-refractivity contribution in [2.45, 2.75) is 55.6 Å². The number of piperidine rings is 1. The Labute approximate surface area is 151 Å². The molecule has 0 spiro atoms. The van der Waals surface area contributed by atoms with Crippen LogP contribution in [0.1, 0.15) is 54.8 Å². The number of hydrogen-bond donors (Lipinski definition) is 2. The Morgan fingerprint density at radius 3 is 2.85 bits per heavy atom. The fraction of sp³-hybridized carbons (Fsp3) is 0.562. The smallest absolute Gasteiger partial charge is 0.273 e. The molecule has 2 N–H and O–H groups in total. The Morgan fingerprint density at radius 2 is 2.19 bits per heavy atom. The number of aromatic amines is 1. The molecule has 1 amide bonds. The van der Waals surface area contributed by atoms with Crippen molar-refractivity contribution in [3.63, 3.8) is 0 Å². The standard InChI is InChI=1S/C16H21N5O4S/c1-10-6-12(4-5-21(10)26(23,24)15-8-17-9-18-15)19-16(22)13-7-14(25-20-13)11-2-3-11/h7-12H,2-6H2,1H3,(H,17,18)(H,19,22)/t10-,12-/m1/s1. The van der Waals surface area contributed by atoms with Gasteiger partial charge in [-0.05, 0) is 32.6 Å². The largest absolute Gasteiger partial charge is 0.360 e. The maximum atomic E-state index is 12.6. The summed E-state index contributed by atoms with van der Waals surface area (Å²) >= 11 is 0. The molecule has 2 aliphatic rings. The normalized spacial score (nSPS) is 24.5. The quantitative estimate of drug-likeness (QED) is 0.806. The van der Waals surface area contributed by atoms with Gasteiger partial charge >= 0.3 is 0 Å². The van der Waals surface area contributed by atoms with E-state index in [1.54, 1.807) is 6.07 Å². The molecule has 1 aliphatic carbocycles. The second kappa shape index (κ2) is 6.51. The molecule has 140 valence electrons. The van der Waals surface area contributed by atoms with Gasteiger partial charge in [0.05, 0.1) is 12.5 Å². The van der Waals surface area contributed by atoms with E-state index >= 15 is 0 Å². The Balaban J connectivity index is 1.38. The summed E-state index contributed by atoms with van der Waals surface area (Å²) in [5.74, 6) is 0.895. The second-order valence-electron chi connectivity index (χ2n) is 6.96. The van der Waals surface area contributed by atoms with Crippen LogP contribution in [0.5, 0.6) is 0 Å². The molecule has 0 unspecified atom stereocenters. The van der Waals surface area contributed by atoms with Gasteiger partial charge < -0.3 is 14.8 Å². The number of nitrogens with one attached hydrogen (secondary N) is 2. The van der Waals surface area contributed by atoms with E-state index in [-0.39, 0.29) is 28.7 Å². The molecule has 4 rings (SSSR count). The third kappa shape index (κ3) is 3.26. The maximum absolute atomic E-state index is 12.6. The number of hydrogen-bond acceptors (Lipinski definition) is 6. The van der Waals surface area contributed by atoms with E-state index in [0.717, 1.165) is 18.6 Å². The summed E-state index contributed by atoms with van der Waals surface area (Å²) in [6, 6.07) is 1.36. The van der Waals surface area contributed by atoms with Crippen LogP contribution in [0.2, 0.25) is 0 Å². The molecular formula is C16H21N5O4S. The Kier molecular flexibility index (Phi) is 4.31. The van der Waals surface area contributed by atoms with Crippen molar-refractivity contribution in [1.29, 1.82) is 0 Å². The van der Waals surface area contributed by atoms with Crippen LogP contribution in [-0.2, 0) is 10.0 Å². The van der Waals surface area contributed by atoms with Crippen molar-refractivity contribution < 1.29 is 17.7 Å². The van der Waals surface area contributed by atoms with Gasteiger partial charge in [-0.15, -0.1) is 0 Å². The molecule has 1 aliphatic heterocycles. The first kappa shape index (κ1) is 17.2. The van der Waals surface area contributed by atoms with Crippen molar-refractivity contribution in [3.8, 4) is 0 Å². The molecule has 10 heteroatoms. The molecule has 2 fully saturated rings. The highest BCUT2D eigenvalue weighted by atomic mass is 32.2. The van der Waals surface area contributed by atoms with Crippen molar-refractivity contribution in [1.82, 2.24) is 24.7 Å². The molecule has 0 radical (unpaired) electrons. The molecule has 0 bridgehead atoms. The molecule has 0 aromatic carbocycles. The van der Waals surface area contributed by atoms with Crippen LogP contribution in [0.25, 0.3) is 0 Å². The van der Waals surface area contributed by atoms with E-state index in [1.807, 2.05) is 6.92 Å². The lowest BCUT2D eigenvalue weighted by atomic mass is 10.0. The maximum Gasteiger partial charge on any atom is 0.273 e. The number of amides is 1. The van der Waals surface area contributed by atoms with E-state index in [0.29, 0.717) is 25.3 Å². The monoisotopic (exact) mass is 379 g/mol. The number of carbonyl (C=O) groups is 1. The highest BCUT2D eigenvalue weighted by Crippen LogP contribution is 2.40. The molecular weight excluding hydrogens is 358 g/mol. The average molecular weight is 379 g/mol. The van der Waals surface area contributed by atoms with Crippen LogP contribution in [0.15, 0.2) is 28.1 Å². The molecule has 2 atom stereocenters. The number of imidazole rings is 1. The van der Waals surface area contributed by atoms with Crippen LogP contribution in [0.3, 0.4) is 0 Å². The van der Waals surface area contributed by atoms with E-state index in [4.69, 9.17) is 4.52 Å². The summed E-state index contributed by atoms with van der Waals surface area (Å²) in [5.41, 5.74) is 0.284. The first-order chi connectivity index (χ1) is 12.4. The van der Waals surface area contributed by atoms with Gasteiger partial charge in [0.15, 0.2) is 10.7 Å². The molecule has 2 aromatic rings. The van der Waals surface area contributed by atoms with Gasteiger partial charge in [0.2, 0.25) is 0 Å². The van der Waals surface area contributed by atoms with Crippen LogP contribution < -0.4 is 5.32 Å². The zero-order valence-electron chi connectivity index (χ0n) is 14.4. The minimum absolute atomic E-state index is 0.0852. The van der Waals surface area contributed by atoms with Crippen LogP contribution in [0, 0.1) is 0 Å². The number of sulfonamides is 1. The number of H-pyrrole nitrogens is 1. The summed E-state index contributed by atoms with van der Waals surface area (Å²) in [5, 5.41) is 6.87. The first-order valence-corrected chi connectivity index (χ1v) is 10.2. The van der Waals surface area contributed by atoms with E-state index in [9.17, 15) is 13.2 Å². The number of nitrogens with zero attached hydrogens (tertiary/aromatic N) is 3. The summed E-state index contributed by atoms with van der Waals surface area (Å²) in [7, 11) is -3.60. The summed E-state index contributed by atoms with van der Waals surface area (Å²) in [6.07, 6.45) is 5.88. The van der Waals surface area contributed by atoms with Crippen molar-refractivity contribution in [3.05, 3.63) is 30.0 Å². The molecule has 2 aromatic heterocycles. The van der Waals surface area contributed by atoms with Crippen LogP contribution in [-0.4, -0.2) is 52.4 Å². The predicted octanol–water partition coefficient (Wildman–Crippen LogP) is 1.25. The topological polar surface area (TPSA) is 121 Å². The van der Waals surface area contributed by atoms with Crippen LogP contribution in [0.4, 0.5) is 0 Å². The summed E-state index contributed by atoms with van der Waals surface area (Å²) in [4.78, 5) is 18.8. The van der Waals surface area contributed by atoms with Crippen molar-refractivity contribution in [2.75, 3.05) is 6.54 Å². The third-order valence-corrected chi connectivity index (χ3v) is 6.89. The number of aromatic nitrogens is 3. The minimum atomic E-state index is -3.60. The molecule has 26 heavy (non-hydrogen) atoms. The number of carbonyl (C=O) groups excluding carboxylic acids is 1. The van der Waals surface area contributed by atoms with Crippen molar-refractivity contribution >= 4 is 15.9 Å². The Hall–Kier alpha value is -2.20. The highest BCUT2D eigenvalue weighted by Gasteiger charge is 2.36. The van der Waals surface area contributed by atoms with E-state index < -0.39 is 10.0 Å². The average Bonchev–Trinajstić information content (AvgIpc) is 3.11. The van der Waals surface area contributed by atoms with Crippen molar-refractivity contribution in [2.24, 2.45) is 0 Å². The SMILES string of the molecule is C[C@@H]1C[C@H](NC(=O)c2cc(C3CC3)on2)CCN1S(=O)(=O)c1cnc[nH]1. The lowest BCUT2D eigenvalue weighted by Gasteiger charge is -2.36. The Bertz CT molecular complexity index is 888. The fourth-order valence-electron chi connectivity index (χ4n) is 3.37. The zero-order valence-corrected chi connectivity index (χ0v) is 15.2. The van der Waals surface area contributed by atoms with Gasteiger partial charge in [-0.2, -0.15) is 4.31 Å². The van der Waals surface area contributed by atoms with Gasteiger partial charge in [0.25, 0.3) is 15.9 Å².